The van der Waals surface area contributed by atoms with Crippen LogP contribution in [-0.2, 0) is 5.41 Å². The molecule has 0 aliphatic heterocycles. The summed E-state index contributed by atoms with van der Waals surface area (Å²) in [7, 11) is 0. The smallest absolute Gasteiger partial charge is 0.269 e. The Bertz CT molecular complexity index is 937. The molecular formula is C23H25NO3. The lowest BCUT2D eigenvalue weighted by Crippen LogP contribution is -2.22. The molecule has 4 nitrogen and oxygen atoms in total. The van der Waals surface area contributed by atoms with Crippen molar-refractivity contribution in [3.8, 4) is 11.1 Å². The maximum absolute atomic E-state index is 13.0. The quantitative estimate of drug-likeness (QED) is 0.387. The number of carbonyl (C=O) groups excluding carboxylic acids is 1. The van der Waals surface area contributed by atoms with Gasteiger partial charge in [0.15, 0.2) is 5.78 Å². The molecule has 2 aliphatic carbocycles. The standard InChI is InChI=1S/C23H25NO3/c1-14-4-6-15(7-5-14)22(25)16-8-10-18-19-11-9-17(24(26)27)13-21(19)23(2,3)20(18)12-16/h8-15H,4-7H2,1-3H3. The zero-order valence-electron chi connectivity index (χ0n) is 16.1. The third-order valence-electron chi connectivity index (χ3n) is 6.54. The molecule has 0 heterocycles. The van der Waals surface area contributed by atoms with Gasteiger partial charge in [-0.3, -0.25) is 14.9 Å². The summed E-state index contributed by atoms with van der Waals surface area (Å²) < 4.78 is 0. The average Bonchev–Trinajstić information content (AvgIpc) is 2.88. The highest BCUT2D eigenvalue weighted by molar-refractivity contribution is 5.99. The van der Waals surface area contributed by atoms with E-state index < -0.39 is 0 Å². The molecule has 0 radical (unpaired) electrons. The second-order valence-electron chi connectivity index (χ2n) is 8.69. The summed E-state index contributed by atoms with van der Waals surface area (Å²) in [6.07, 6.45) is 4.21. The Morgan fingerprint density at radius 3 is 2.22 bits per heavy atom. The van der Waals surface area contributed by atoms with Crippen LogP contribution in [0.25, 0.3) is 11.1 Å². The lowest BCUT2D eigenvalue weighted by molar-refractivity contribution is -0.384. The summed E-state index contributed by atoms with van der Waals surface area (Å²) in [5.74, 6) is 1.10. The molecule has 0 atom stereocenters. The lowest BCUT2D eigenvalue weighted by Gasteiger charge is -2.26. The van der Waals surface area contributed by atoms with E-state index in [-0.39, 0.29) is 27.7 Å². The summed E-state index contributed by atoms with van der Waals surface area (Å²) in [6.45, 7) is 6.42. The molecule has 2 aromatic rings. The summed E-state index contributed by atoms with van der Waals surface area (Å²) in [6, 6.07) is 11.1. The fourth-order valence-electron chi connectivity index (χ4n) is 4.75. The Kier molecular flexibility index (Phi) is 4.17. The van der Waals surface area contributed by atoms with E-state index in [0.717, 1.165) is 59.4 Å². The number of nitro groups is 1. The molecule has 0 saturated heterocycles. The Morgan fingerprint density at radius 1 is 1.00 bits per heavy atom. The van der Waals surface area contributed by atoms with Gasteiger partial charge >= 0.3 is 0 Å². The SMILES string of the molecule is CC1CCC(C(=O)c2ccc3c(c2)C(C)(C)c2cc([N+](=O)[O-])ccc2-3)CC1. The molecule has 2 aromatic carbocycles. The molecule has 4 rings (SSSR count). The van der Waals surface area contributed by atoms with Gasteiger partial charge in [0.2, 0.25) is 0 Å². The number of hydrogen-bond acceptors (Lipinski definition) is 3. The third kappa shape index (κ3) is 2.88. The van der Waals surface area contributed by atoms with Crippen molar-refractivity contribution in [2.24, 2.45) is 11.8 Å². The van der Waals surface area contributed by atoms with Gasteiger partial charge in [-0.05, 0) is 53.1 Å². The first-order valence-corrected chi connectivity index (χ1v) is 9.77. The molecule has 0 N–H and O–H groups in total. The van der Waals surface area contributed by atoms with Gasteiger partial charge in [0, 0.05) is 29.0 Å². The number of ketones is 1. The number of hydrogen-bond donors (Lipinski definition) is 0. The van der Waals surface area contributed by atoms with Crippen LogP contribution >= 0.6 is 0 Å². The van der Waals surface area contributed by atoms with Crippen LogP contribution < -0.4 is 0 Å². The number of fused-ring (bicyclic) bond motifs is 3. The fourth-order valence-corrected chi connectivity index (χ4v) is 4.75. The third-order valence-corrected chi connectivity index (χ3v) is 6.54. The van der Waals surface area contributed by atoms with Crippen LogP contribution in [0.5, 0.6) is 0 Å². The van der Waals surface area contributed by atoms with E-state index >= 15 is 0 Å². The van der Waals surface area contributed by atoms with E-state index in [1.807, 2.05) is 24.3 Å². The molecule has 0 aromatic heterocycles. The van der Waals surface area contributed by atoms with E-state index in [0.29, 0.717) is 0 Å². The minimum Gasteiger partial charge on any atom is -0.294 e. The molecule has 27 heavy (non-hydrogen) atoms. The Balaban J connectivity index is 1.71. The number of rotatable bonds is 3. The fraction of sp³-hybridized carbons (Fsp3) is 0.435. The van der Waals surface area contributed by atoms with Crippen LogP contribution in [0.1, 0.15) is 67.9 Å². The zero-order chi connectivity index (χ0) is 19.3. The molecule has 0 unspecified atom stereocenters. The highest BCUT2D eigenvalue weighted by Crippen LogP contribution is 2.50. The molecule has 0 spiro atoms. The van der Waals surface area contributed by atoms with Gasteiger partial charge in [-0.15, -0.1) is 0 Å². The molecule has 0 amide bonds. The van der Waals surface area contributed by atoms with Crippen molar-refractivity contribution in [3.05, 3.63) is 63.2 Å². The van der Waals surface area contributed by atoms with Crippen molar-refractivity contribution in [2.45, 2.75) is 51.9 Å². The maximum atomic E-state index is 13.0. The summed E-state index contributed by atoms with van der Waals surface area (Å²) >= 11 is 0. The Hall–Kier alpha value is -2.49. The van der Waals surface area contributed by atoms with Crippen molar-refractivity contribution in [3.63, 3.8) is 0 Å². The molecular weight excluding hydrogens is 338 g/mol. The van der Waals surface area contributed by atoms with Gasteiger partial charge in [0.05, 0.1) is 4.92 Å². The van der Waals surface area contributed by atoms with Crippen LogP contribution in [-0.4, -0.2) is 10.7 Å². The van der Waals surface area contributed by atoms with E-state index in [1.54, 1.807) is 12.1 Å². The summed E-state index contributed by atoms with van der Waals surface area (Å²) in [5.41, 5.74) is 4.71. The highest BCUT2D eigenvalue weighted by atomic mass is 16.6. The van der Waals surface area contributed by atoms with Gasteiger partial charge in [0.25, 0.3) is 5.69 Å². The van der Waals surface area contributed by atoms with Gasteiger partial charge < -0.3 is 0 Å². The minimum absolute atomic E-state index is 0.113. The second-order valence-corrected chi connectivity index (χ2v) is 8.69. The molecule has 0 bridgehead atoms. The monoisotopic (exact) mass is 363 g/mol. The zero-order valence-corrected chi connectivity index (χ0v) is 16.1. The number of non-ortho nitro benzene ring substituents is 1. The van der Waals surface area contributed by atoms with Gasteiger partial charge in [0.1, 0.15) is 0 Å². The number of benzene rings is 2. The van der Waals surface area contributed by atoms with E-state index in [2.05, 4.69) is 20.8 Å². The number of nitro benzene ring substituents is 1. The van der Waals surface area contributed by atoms with Gasteiger partial charge in [-0.1, -0.05) is 45.7 Å². The van der Waals surface area contributed by atoms with E-state index in [4.69, 9.17) is 0 Å². The lowest BCUT2D eigenvalue weighted by atomic mass is 9.78. The van der Waals surface area contributed by atoms with Crippen molar-refractivity contribution < 1.29 is 9.72 Å². The minimum atomic E-state index is -0.353. The molecule has 140 valence electrons. The topological polar surface area (TPSA) is 60.2 Å². The number of carbonyl (C=O) groups is 1. The predicted octanol–water partition coefficient (Wildman–Crippen LogP) is 5.91. The summed E-state index contributed by atoms with van der Waals surface area (Å²) in [4.78, 5) is 23.9. The Labute approximate surface area is 159 Å². The molecule has 1 fully saturated rings. The van der Waals surface area contributed by atoms with E-state index in [9.17, 15) is 14.9 Å². The molecule has 4 heteroatoms. The highest BCUT2D eigenvalue weighted by Gasteiger charge is 2.37. The van der Waals surface area contributed by atoms with Crippen LogP contribution in [0.3, 0.4) is 0 Å². The van der Waals surface area contributed by atoms with Crippen LogP contribution in [0.2, 0.25) is 0 Å². The van der Waals surface area contributed by atoms with Crippen molar-refractivity contribution in [1.82, 2.24) is 0 Å². The maximum Gasteiger partial charge on any atom is 0.269 e. The van der Waals surface area contributed by atoms with Crippen LogP contribution in [0, 0.1) is 22.0 Å². The first-order chi connectivity index (χ1) is 12.8. The van der Waals surface area contributed by atoms with E-state index in [1.165, 1.54) is 0 Å². The number of Topliss-reactive ketones (excluding diaryl/α,β-unsaturated/α-hetero) is 1. The van der Waals surface area contributed by atoms with Crippen molar-refractivity contribution in [2.75, 3.05) is 0 Å². The first-order valence-electron chi connectivity index (χ1n) is 9.77. The Morgan fingerprint density at radius 2 is 1.59 bits per heavy atom. The largest absolute Gasteiger partial charge is 0.294 e. The normalized spacial score (nSPS) is 22.8. The number of nitrogens with zero attached hydrogens (tertiary/aromatic N) is 1. The molecule has 1 saturated carbocycles. The van der Waals surface area contributed by atoms with Gasteiger partial charge in [-0.25, -0.2) is 0 Å². The first kappa shape index (κ1) is 17.9. The average molecular weight is 363 g/mol. The second kappa shape index (κ2) is 6.29. The van der Waals surface area contributed by atoms with Crippen LogP contribution in [0.15, 0.2) is 36.4 Å². The van der Waals surface area contributed by atoms with Crippen molar-refractivity contribution >= 4 is 11.5 Å². The molecule has 2 aliphatic rings. The van der Waals surface area contributed by atoms with Crippen LogP contribution in [0.4, 0.5) is 5.69 Å². The van der Waals surface area contributed by atoms with Gasteiger partial charge in [-0.2, -0.15) is 0 Å². The van der Waals surface area contributed by atoms with Crippen molar-refractivity contribution in [1.29, 1.82) is 0 Å². The predicted molar refractivity (Wildman–Crippen MR) is 106 cm³/mol. The summed E-state index contributed by atoms with van der Waals surface area (Å²) in [5, 5.41) is 11.2.